The van der Waals surface area contributed by atoms with Crippen molar-refractivity contribution >= 4 is 35.7 Å². The van der Waals surface area contributed by atoms with Gasteiger partial charge in [0, 0.05) is 51.3 Å². The van der Waals surface area contributed by atoms with Gasteiger partial charge in [0.25, 0.3) is 11.8 Å². The molecule has 16 nitrogen and oxygen atoms in total. The molecule has 0 bridgehead atoms. The van der Waals surface area contributed by atoms with Gasteiger partial charge in [-0.3, -0.25) is 24.0 Å². The number of likely N-dealkylation sites (tertiary alicyclic amines) is 1. The van der Waals surface area contributed by atoms with Crippen molar-refractivity contribution < 1.29 is 43.3 Å². The Labute approximate surface area is 290 Å². The van der Waals surface area contributed by atoms with Crippen LogP contribution in [0, 0.1) is 0 Å². The number of carbonyl (C=O) groups is 6. The van der Waals surface area contributed by atoms with E-state index in [9.17, 15) is 33.9 Å². The molecular formula is C34H45N7O9. The van der Waals surface area contributed by atoms with Crippen LogP contribution in [0.2, 0.25) is 0 Å². The number of carboxylic acid groups (broad SMARTS) is 1. The average molecular weight is 696 g/mol. The summed E-state index contributed by atoms with van der Waals surface area (Å²) in [5.74, 6) is -2.81. The van der Waals surface area contributed by atoms with E-state index in [1.807, 2.05) is 0 Å². The largest absolute Gasteiger partial charge is 0.481 e. The minimum atomic E-state index is -1.18. The monoisotopic (exact) mass is 695 g/mol. The first kappa shape index (κ1) is 36.1. The number of nitrogens with one attached hydrogen (secondary N) is 2. The van der Waals surface area contributed by atoms with Crippen molar-refractivity contribution in [2.45, 2.75) is 83.0 Å². The van der Waals surface area contributed by atoms with Crippen LogP contribution in [0.4, 0.5) is 4.79 Å². The maximum absolute atomic E-state index is 13.6. The van der Waals surface area contributed by atoms with Crippen molar-refractivity contribution in [1.82, 2.24) is 35.1 Å². The predicted molar refractivity (Wildman–Crippen MR) is 177 cm³/mol. The number of aliphatic carboxylic acids is 1. The smallest absolute Gasteiger partial charge is 0.409 e. The molecule has 16 heteroatoms. The number of para-hydroxylation sites is 1. The molecule has 2 aromatic rings. The maximum atomic E-state index is 13.6. The molecule has 1 aromatic carbocycles. The van der Waals surface area contributed by atoms with Gasteiger partial charge >= 0.3 is 12.1 Å². The lowest BCUT2D eigenvalue weighted by atomic mass is 9.93. The van der Waals surface area contributed by atoms with Crippen LogP contribution >= 0.6 is 0 Å². The van der Waals surface area contributed by atoms with E-state index in [1.54, 1.807) is 49.1 Å². The minimum absolute atomic E-state index is 0.0837. The van der Waals surface area contributed by atoms with Gasteiger partial charge in [0.2, 0.25) is 17.7 Å². The third-order valence-corrected chi connectivity index (χ3v) is 9.21. The highest BCUT2D eigenvalue weighted by molar-refractivity contribution is 5.96. The molecule has 270 valence electrons. The summed E-state index contributed by atoms with van der Waals surface area (Å²) in [5.41, 5.74) is 0.417. The second-order valence-corrected chi connectivity index (χ2v) is 12.7. The topological polar surface area (TPSA) is 193 Å². The van der Waals surface area contributed by atoms with E-state index < -0.39 is 42.1 Å². The van der Waals surface area contributed by atoms with Gasteiger partial charge in [-0.2, -0.15) is 5.10 Å². The molecule has 0 unspecified atom stereocenters. The van der Waals surface area contributed by atoms with E-state index in [0.29, 0.717) is 25.1 Å². The summed E-state index contributed by atoms with van der Waals surface area (Å²) < 4.78 is 12.5. The van der Waals surface area contributed by atoms with E-state index in [1.165, 1.54) is 20.5 Å². The van der Waals surface area contributed by atoms with Gasteiger partial charge in [-0.05, 0) is 64.5 Å². The average Bonchev–Trinajstić information content (AvgIpc) is 3.76. The second-order valence-electron chi connectivity index (χ2n) is 12.7. The van der Waals surface area contributed by atoms with Gasteiger partial charge in [0.1, 0.15) is 12.1 Å². The van der Waals surface area contributed by atoms with E-state index >= 15 is 0 Å². The third kappa shape index (κ3) is 8.71. The molecule has 0 spiro atoms. The van der Waals surface area contributed by atoms with E-state index in [4.69, 9.17) is 9.47 Å². The molecule has 0 radical (unpaired) electrons. The normalized spacial score (nSPS) is 18.8. The van der Waals surface area contributed by atoms with Crippen molar-refractivity contribution in [3.05, 3.63) is 42.1 Å². The fraction of sp³-hybridized carbons (Fsp3) is 0.559. The molecule has 5 amide bonds. The summed E-state index contributed by atoms with van der Waals surface area (Å²) in [6.45, 7) is 4.75. The Bertz CT molecular complexity index is 1550. The van der Waals surface area contributed by atoms with Crippen molar-refractivity contribution in [2.24, 2.45) is 0 Å². The Morgan fingerprint density at radius 1 is 0.940 bits per heavy atom. The number of ether oxygens (including phenoxy) is 2. The molecule has 2 saturated heterocycles. The lowest BCUT2D eigenvalue weighted by molar-refractivity contribution is -0.143. The molecule has 3 atom stereocenters. The van der Waals surface area contributed by atoms with Crippen molar-refractivity contribution in [3.8, 4) is 11.6 Å². The highest BCUT2D eigenvalue weighted by Crippen LogP contribution is 2.25. The van der Waals surface area contributed by atoms with Crippen LogP contribution in [0.15, 0.2) is 36.4 Å². The Hall–Kier alpha value is -5.15. The van der Waals surface area contributed by atoms with Crippen LogP contribution in [-0.2, 0) is 23.9 Å². The zero-order valence-corrected chi connectivity index (χ0v) is 28.4. The van der Waals surface area contributed by atoms with Gasteiger partial charge in [-0.25, -0.2) is 9.48 Å². The van der Waals surface area contributed by atoms with Crippen LogP contribution in [0.3, 0.4) is 0 Å². The second kappa shape index (κ2) is 16.5. The van der Waals surface area contributed by atoms with Gasteiger partial charge < -0.3 is 39.9 Å². The zero-order valence-electron chi connectivity index (χ0n) is 28.4. The highest BCUT2D eigenvalue weighted by Gasteiger charge is 2.38. The fourth-order valence-electron chi connectivity index (χ4n) is 6.23. The molecule has 5 rings (SSSR count). The number of benzene rings is 1. The number of rotatable bonds is 13. The fourth-order valence-corrected chi connectivity index (χ4v) is 6.23. The number of piperazine rings is 1. The van der Waals surface area contributed by atoms with Gasteiger partial charge in [0.15, 0.2) is 11.8 Å². The summed E-state index contributed by atoms with van der Waals surface area (Å²) in [6, 6.07) is 8.57. The van der Waals surface area contributed by atoms with Crippen LogP contribution in [0.25, 0.3) is 5.69 Å². The highest BCUT2D eigenvalue weighted by atomic mass is 16.6. The molecule has 3 fully saturated rings. The predicted octanol–water partition coefficient (Wildman–Crippen LogP) is 1.56. The quantitative estimate of drug-likeness (QED) is 0.277. The lowest BCUT2D eigenvalue weighted by Gasteiger charge is -2.35. The van der Waals surface area contributed by atoms with E-state index in [0.717, 1.165) is 19.3 Å². The van der Waals surface area contributed by atoms with Crippen LogP contribution in [0.5, 0.6) is 5.88 Å². The molecule has 1 saturated carbocycles. The van der Waals surface area contributed by atoms with E-state index in [2.05, 4.69) is 15.7 Å². The lowest BCUT2D eigenvalue weighted by Crippen LogP contribution is -2.56. The van der Waals surface area contributed by atoms with Gasteiger partial charge in [0.05, 0.1) is 12.3 Å². The number of carboxylic acids is 1. The van der Waals surface area contributed by atoms with Gasteiger partial charge in [-0.15, -0.1) is 0 Å². The molecule has 50 heavy (non-hydrogen) atoms. The van der Waals surface area contributed by atoms with Gasteiger partial charge in [-0.1, -0.05) is 18.2 Å². The Kier molecular flexibility index (Phi) is 11.9. The zero-order chi connectivity index (χ0) is 35.8. The maximum Gasteiger partial charge on any atom is 0.409 e. The number of hydrogen-bond donors (Lipinski definition) is 3. The molecule has 3 N–H and O–H groups in total. The summed E-state index contributed by atoms with van der Waals surface area (Å²) in [4.78, 5) is 81.8. The van der Waals surface area contributed by atoms with Crippen LogP contribution in [0.1, 0.15) is 69.3 Å². The van der Waals surface area contributed by atoms with Crippen molar-refractivity contribution in [3.63, 3.8) is 0 Å². The number of aromatic nitrogens is 2. The van der Waals surface area contributed by atoms with Crippen LogP contribution in [-0.4, -0.2) is 129 Å². The summed E-state index contributed by atoms with van der Waals surface area (Å²) in [6.07, 6.45) is 2.16. The number of amides is 5. The minimum Gasteiger partial charge on any atom is -0.481 e. The van der Waals surface area contributed by atoms with E-state index in [-0.39, 0.29) is 75.1 Å². The molecule has 2 aliphatic heterocycles. The number of hydrogen-bond acceptors (Lipinski definition) is 9. The molecule has 1 aliphatic carbocycles. The summed E-state index contributed by atoms with van der Waals surface area (Å²) >= 11 is 0. The third-order valence-electron chi connectivity index (χ3n) is 9.21. The van der Waals surface area contributed by atoms with Crippen LogP contribution < -0.4 is 15.4 Å². The first-order valence-corrected chi connectivity index (χ1v) is 17.2. The first-order valence-electron chi connectivity index (χ1n) is 17.2. The summed E-state index contributed by atoms with van der Waals surface area (Å²) in [7, 11) is 0. The SMILES string of the molecule is CCOC(=O)N1CCN(C(=O)[C@H](CCC(=O)O)NC(=O)c2cc(O[C@@H](C)C(=O)N3CCC[C@H]3C(=O)NC3CCC3)n(-c3ccccc3)n2)CC1. The number of nitrogens with zero attached hydrogens (tertiary/aromatic N) is 5. The standard InChI is InChI=1S/C34H45N7O9/c1-3-49-34(48)39-19-17-38(18-20-39)33(47)25(14-15-29(42)43)36-30(44)26-21-28(41(37-26)24-11-5-4-6-12-24)50-22(2)32(46)40-16-8-13-27(40)31(45)35-23-9-7-10-23/h4-6,11-12,21-23,25,27H,3,7-10,13-20H2,1-2H3,(H,35,45)(H,36,44)(H,42,43)/t22-,25-,27-/m0/s1. The molecule has 1 aromatic heterocycles. The Morgan fingerprint density at radius 3 is 2.28 bits per heavy atom. The molecular weight excluding hydrogens is 650 g/mol. The van der Waals surface area contributed by atoms with Crippen molar-refractivity contribution in [2.75, 3.05) is 39.3 Å². The number of carbonyl (C=O) groups excluding carboxylic acids is 5. The Balaban J connectivity index is 1.30. The Morgan fingerprint density at radius 2 is 1.64 bits per heavy atom. The first-order chi connectivity index (χ1) is 24.0. The van der Waals surface area contributed by atoms with Crippen molar-refractivity contribution in [1.29, 1.82) is 0 Å². The molecule has 3 aliphatic rings. The molecule has 3 heterocycles. The summed E-state index contributed by atoms with van der Waals surface area (Å²) in [5, 5.41) is 19.5.